The topological polar surface area (TPSA) is 85.4 Å². The number of likely N-dealkylation sites (tertiary alicyclic amines) is 2. The van der Waals surface area contributed by atoms with Gasteiger partial charge in [-0.15, -0.1) is 0 Å². The minimum Gasteiger partial charge on any atom is -0.396 e. The van der Waals surface area contributed by atoms with E-state index in [0.717, 1.165) is 25.3 Å². The highest BCUT2D eigenvalue weighted by molar-refractivity contribution is 5.93. The predicted octanol–water partition coefficient (Wildman–Crippen LogP) is 1.64. The van der Waals surface area contributed by atoms with E-state index in [0.29, 0.717) is 30.4 Å². The van der Waals surface area contributed by atoms with Crippen LogP contribution >= 0.6 is 0 Å². The smallest absolute Gasteiger partial charge is 0.271 e. The van der Waals surface area contributed by atoms with Crippen LogP contribution in [-0.4, -0.2) is 75.3 Å². The van der Waals surface area contributed by atoms with Crippen LogP contribution in [0.2, 0.25) is 0 Å². The Morgan fingerprint density at radius 3 is 2.70 bits per heavy atom. The Morgan fingerprint density at radius 2 is 1.96 bits per heavy atom. The van der Waals surface area contributed by atoms with E-state index >= 15 is 0 Å². The molecule has 2 atom stereocenters. The summed E-state index contributed by atoms with van der Waals surface area (Å²) in [4.78, 5) is 21.5. The molecule has 0 aliphatic carbocycles. The number of carbonyl (C=O) groups is 1. The van der Waals surface area contributed by atoms with Crippen molar-refractivity contribution in [2.24, 2.45) is 11.8 Å². The predicted molar refractivity (Wildman–Crippen MR) is 102 cm³/mol. The number of aliphatic hydroxyl groups excluding tert-OH is 1. The standard InChI is InChI=1S/C20H27N5O2/c26-14-16-13-25(12-15(16)11-24-8-4-1-5-9-24)20(27)19-10-18(22-23-19)17-6-2-3-7-21-17/h2-3,6-7,10,15-16,26H,1,4-5,8-9,11-14H2,(H,22,23)/t15-,16-/m1/s1. The Balaban J connectivity index is 1.42. The van der Waals surface area contributed by atoms with E-state index in [4.69, 9.17) is 0 Å². The molecule has 0 spiro atoms. The molecule has 7 nitrogen and oxygen atoms in total. The number of aliphatic hydroxyl groups is 1. The maximum absolute atomic E-state index is 12.9. The maximum atomic E-state index is 12.9. The largest absolute Gasteiger partial charge is 0.396 e. The lowest BCUT2D eigenvalue weighted by Gasteiger charge is -2.30. The first-order valence-corrected chi connectivity index (χ1v) is 9.84. The van der Waals surface area contributed by atoms with Crippen LogP contribution in [0.3, 0.4) is 0 Å². The van der Waals surface area contributed by atoms with Crippen LogP contribution in [0, 0.1) is 11.8 Å². The minimum atomic E-state index is -0.0516. The summed E-state index contributed by atoms with van der Waals surface area (Å²) in [5, 5.41) is 16.9. The van der Waals surface area contributed by atoms with Gasteiger partial charge in [0, 0.05) is 38.4 Å². The molecule has 2 aliphatic rings. The summed E-state index contributed by atoms with van der Waals surface area (Å²) in [5.41, 5.74) is 1.89. The lowest BCUT2D eigenvalue weighted by Crippen LogP contribution is -2.37. The summed E-state index contributed by atoms with van der Waals surface area (Å²) < 4.78 is 0. The average molecular weight is 369 g/mol. The molecule has 27 heavy (non-hydrogen) atoms. The van der Waals surface area contributed by atoms with E-state index in [1.165, 1.54) is 19.3 Å². The van der Waals surface area contributed by atoms with Crippen LogP contribution in [0.1, 0.15) is 29.8 Å². The van der Waals surface area contributed by atoms with Gasteiger partial charge in [-0.05, 0) is 50.0 Å². The van der Waals surface area contributed by atoms with E-state index in [1.807, 2.05) is 23.1 Å². The molecule has 2 aromatic rings. The van der Waals surface area contributed by atoms with Crippen molar-refractivity contribution in [3.63, 3.8) is 0 Å². The van der Waals surface area contributed by atoms with Crippen LogP contribution in [0.25, 0.3) is 11.4 Å². The summed E-state index contributed by atoms with van der Waals surface area (Å²) in [5.74, 6) is 0.425. The number of H-pyrrole nitrogens is 1. The average Bonchev–Trinajstić information content (AvgIpc) is 3.36. The monoisotopic (exact) mass is 369 g/mol. The highest BCUT2D eigenvalue weighted by Crippen LogP contribution is 2.27. The second-order valence-electron chi connectivity index (χ2n) is 7.66. The van der Waals surface area contributed by atoms with Gasteiger partial charge < -0.3 is 14.9 Å². The molecule has 1 amide bonds. The first-order chi connectivity index (χ1) is 13.2. The second-order valence-corrected chi connectivity index (χ2v) is 7.66. The van der Waals surface area contributed by atoms with Gasteiger partial charge in [0.25, 0.3) is 5.91 Å². The number of aromatic nitrogens is 3. The summed E-state index contributed by atoms with van der Waals surface area (Å²) >= 11 is 0. The van der Waals surface area contributed by atoms with Crippen LogP contribution in [-0.2, 0) is 0 Å². The third-order valence-electron chi connectivity index (χ3n) is 5.78. The van der Waals surface area contributed by atoms with Gasteiger partial charge >= 0.3 is 0 Å². The molecule has 0 bridgehead atoms. The number of hydrogen-bond acceptors (Lipinski definition) is 5. The molecular weight excluding hydrogens is 342 g/mol. The van der Waals surface area contributed by atoms with E-state index in [2.05, 4.69) is 20.1 Å². The zero-order chi connectivity index (χ0) is 18.6. The van der Waals surface area contributed by atoms with Gasteiger partial charge in [0.2, 0.25) is 0 Å². The molecule has 0 radical (unpaired) electrons. The van der Waals surface area contributed by atoms with Crippen molar-refractivity contribution in [2.75, 3.05) is 39.3 Å². The molecule has 2 aromatic heterocycles. The van der Waals surface area contributed by atoms with Crippen LogP contribution in [0.4, 0.5) is 0 Å². The van der Waals surface area contributed by atoms with Gasteiger partial charge in [-0.25, -0.2) is 0 Å². The number of carbonyl (C=O) groups excluding carboxylic acids is 1. The molecule has 0 unspecified atom stereocenters. The minimum absolute atomic E-state index is 0.0516. The third kappa shape index (κ3) is 4.04. The first kappa shape index (κ1) is 18.1. The Bertz CT molecular complexity index is 757. The van der Waals surface area contributed by atoms with Crippen molar-refractivity contribution in [3.8, 4) is 11.4 Å². The number of amides is 1. The van der Waals surface area contributed by atoms with Crippen molar-refractivity contribution in [3.05, 3.63) is 36.2 Å². The Kier molecular flexibility index (Phi) is 5.50. The van der Waals surface area contributed by atoms with Crippen molar-refractivity contribution in [1.29, 1.82) is 0 Å². The molecular formula is C20H27N5O2. The summed E-state index contributed by atoms with van der Waals surface area (Å²) in [7, 11) is 0. The van der Waals surface area contributed by atoms with Crippen molar-refractivity contribution < 1.29 is 9.90 Å². The van der Waals surface area contributed by atoms with Crippen molar-refractivity contribution in [2.45, 2.75) is 19.3 Å². The molecule has 2 aliphatic heterocycles. The lowest BCUT2D eigenvalue weighted by molar-refractivity contribution is 0.0772. The molecule has 0 aromatic carbocycles. The van der Waals surface area contributed by atoms with Gasteiger partial charge in [-0.3, -0.25) is 14.9 Å². The molecule has 4 rings (SSSR count). The molecule has 144 valence electrons. The molecule has 7 heteroatoms. The third-order valence-corrected chi connectivity index (χ3v) is 5.78. The van der Waals surface area contributed by atoms with E-state index < -0.39 is 0 Å². The Labute approximate surface area is 159 Å². The Hall–Kier alpha value is -2.25. The molecule has 2 saturated heterocycles. The summed E-state index contributed by atoms with van der Waals surface area (Å²) in [6, 6.07) is 7.38. The molecule has 2 N–H and O–H groups in total. The normalized spacial score (nSPS) is 23.7. The van der Waals surface area contributed by atoms with E-state index in [1.54, 1.807) is 12.3 Å². The first-order valence-electron chi connectivity index (χ1n) is 9.84. The number of nitrogens with one attached hydrogen (secondary N) is 1. The van der Waals surface area contributed by atoms with Crippen LogP contribution in [0.5, 0.6) is 0 Å². The second kappa shape index (κ2) is 8.19. The van der Waals surface area contributed by atoms with Crippen molar-refractivity contribution in [1.82, 2.24) is 25.0 Å². The zero-order valence-corrected chi connectivity index (χ0v) is 15.5. The van der Waals surface area contributed by atoms with Crippen molar-refractivity contribution >= 4 is 5.91 Å². The Morgan fingerprint density at radius 1 is 1.15 bits per heavy atom. The highest BCUT2D eigenvalue weighted by Gasteiger charge is 2.36. The zero-order valence-electron chi connectivity index (χ0n) is 15.5. The highest BCUT2D eigenvalue weighted by atomic mass is 16.3. The van der Waals surface area contributed by atoms with Gasteiger partial charge in [0.15, 0.2) is 0 Å². The fraction of sp³-hybridized carbons (Fsp3) is 0.550. The fourth-order valence-electron chi connectivity index (χ4n) is 4.24. The van der Waals surface area contributed by atoms with Crippen LogP contribution < -0.4 is 0 Å². The maximum Gasteiger partial charge on any atom is 0.271 e. The molecule has 0 saturated carbocycles. The number of nitrogens with zero attached hydrogens (tertiary/aromatic N) is 4. The number of hydrogen-bond donors (Lipinski definition) is 2. The summed E-state index contributed by atoms with van der Waals surface area (Å²) in [6.45, 7) is 4.67. The molecule has 4 heterocycles. The van der Waals surface area contributed by atoms with Gasteiger partial charge in [0.05, 0.1) is 5.69 Å². The van der Waals surface area contributed by atoms with Gasteiger partial charge in [-0.1, -0.05) is 12.5 Å². The number of aromatic amines is 1. The number of pyridine rings is 1. The van der Waals surface area contributed by atoms with Crippen LogP contribution in [0.15, 0.2) is 30.5 Å². The SMILES string of the molecule is O=C(c1cc(-c2ccccn2)n[nH]1)N1C[C@@H](CN2CCCCC2)[C@@H](CO)C1. The molecule has 2 fully saturated rings. The lowest BCUT2D eigenvalue weighted by atomic mass is 9.95. The summed E-state index contributed by atoms with van der Waals surface area (Å²) in [6.07, 6.45) is 5.53. The fourth-order valence-corrected chi connectivity index (χ4v) is 4.24. The number of rotatable bonds is 5. The van der Waals surface area contributed by atoms with E-state index in [-0.39, 0.29) is 18.4 Å². The van der Waals surface area contributed by atoms with Gasteiger partial charge in [0.1, 0.15) is 11.4 Å². The number of piperidine rings is 1. The van der Waals surface area contributed by atoms with E-state index in [9.17, 15) is 9.90 Å². The van der Waals surface area contributed by atoms with Gasteiger partial charge in [-0.2, -0.15) is 5.10 Å². The quantitative estimate of drug-likeness (QED) is 0.837.